The second-order valence-corrected chi connectivity index (χ2v) is 7.49. The first-order chi connectivity index (χ1) is 10.9. The lowest BCUT2D eigenvalue weighted by molar-refractivity contribution is 0.387. The minimum Gasteiger partial charge on any atom is -0.305 e. The number of fused-ring (bicyclic) bond motifs is 1. The van der Waals surface area contributed by atoms with Crippen molar-refractivity contribution in [3.05, 3.63) is 59.0 Å². The van der Waals surface area contributed by atoms with E-state index in [0.717, 1.165) is 13.1 Å². The van der Waals surface area contributed by atoms with Gasteiger partial charge < -0.3 is 5.32 Å². The van der Waals surface area contributed by atoms with E-state index in [-0.39, 0.29) is 0 Å². The lowest BCUT2D eigenvalue weighted by Crippen LogP contribution is -2.41. The molecule has 0 spiro atoms. The highest BCUT2D eigenvalue weighted by Crippen LogP contribution is 2.44. The first kappa shape index (κ1) is 12.9. The molecule has 0 amide bonds. The maximum absolute atomic E-state index is 4.67. The maximum atomic E-state index is 4.67. The smallest absolute Gasteiger partial charge is 0.0459 e. The van der Waals surface area contributed by atoms with Crippen LogP contribution in [0.4, 0.5) is 0 Å². The number of benzene rings is 2. The Morgan fingerprint density at radius 3 is 3.00 bits per heavy atom. The minimum absolute atomic E-state index is 0.377. The molecule has 3 heteroatoms. The SMILES string of the molecule is C1=CC2CN=CC(C3NCc4cccc5cccc3c45)C2S1. The highest BCUT2D eigenvalue weighted by Gasteiger charge is 2.39. The second-order valence-electron chi connectivity index (χ2n) is 6.41. The molecule has 3 heterocycles. The van der Waals surface area contributed by atoms with Crippen molar-refractivity contribution in [2.24, 2.45) is 16.8 Å². The third-order valence-corrected chi connectivity index (χ3v) is 6.50. The molecular weight excluding hydrogens is 288 g/mol. The summed E-state index contributed by atoms with van der Waals surface area (Å²) in [7, 11) is 0. The number of hydrogen-bond acceptors (Lipinski definition) is 3. The Hall–Kier alpha value is -1.58. The molecule has 22 heavy (non-hydrogen) atoms. The van der Waals surface area contributed by atoms with Gasteiger partial charge >= 0.3 is 0 Å². The zero-order valence-electron chi connectivity index (χ0n) is 12.3. The summed E-state index contributed by atoms with van der Waals surface area (Å²) in [5.41, 5.74) is 2.87. The fraction of sp³-hybridized carbons (Fsp3) is 0.316. The van der Waals surface area contributed by atoms with Crippen LogP contribution in [0.25, 0.3) is 10.8 Å². The lowest BCUT2D eigenvalue weighted by atomic mass is 9.80. The van der Waals surface area contributed by atoms with Gasteiger partial charge in [-0.2, -0.15) is 0 Å². The van der Waals surface area contributed by atoms with Gasteiger partial charge in [-0.25, -0.2) is 0 Å². The first-order valence-electron chi connectivity index (χ1n) is 7.98. The first-order valence-corrected chi connectivity index (χ1v) is 8.92. The number of aliphatic imine (C=N–C) groups is 1. The van der Waals surface area contributed by atoms with E-state index in [4.69, 9.17) is 0 Å². The highest BCUT2D eigenvalue weighted by atomic mass is 32.2. The molecule has 4 unspecified atom stereocenters. The van der Waals surface area contributed by atoms with Crippen molar-refractivity contribution in [2.45, 2.75) is 17.8 Å². The van der Waals surface area contributed by atoms with E-state index in [2.05, 4.69) is 64.4 Å². The average Bonchev–Trinajstić information content (AvgIpc) is 3.05. The van der Waals surface area contributed by atoms with Crippen molar-refractivity contribution in [3.63, 3.8) is 0 Å². The van der Waals surface area contributed by atoms with Crippen LogP contribution in [-0.4, -0.2) is 18.0 Å². The molecule has 0 aliphatic carbocycles. The molecule has 5 rings (SSSR count). The summed E-state index contributed by atoms with van der Waals surface area (Å²) >= 11 is 1.99. The average molecular weight is 306 g/mol. The van der Waals surface area contributed by atoms with E-state index in [0.29, 0.717) is 23.1 Å². The van der Waals surface area contributed by atoms with Crippen LogP contribution in [0, 0.1) is 11.8 Å². The number of hydrogen-bond donors (Lipinski definition) is 1. The molecule has 0 radical (unpaired) electrons. The highest BCUT2D eigenvalue weighted by molar-refractivity contribution is 8.03. The Morgan fingerprint density at radius 1 is 1.14 bits per heavy atom. The lowest BCUT2D eigenvalue weighted by Gasteiger charge is -2.37. The molecule has 0 saturated carbocycles. The predicted octanol–water partition coefficient (Wildman–Crippen LogP) is 3.93. The Kier molecular flexibility index (Phi) is 2.92. The summed E-state index contributed by atoms with van der Waals surface area (Å²) in [6.07, 6.45) is 4.56. The molecule has 0 bridgehead atoms. The van der Waals surface area contributed by atoms with Crippen molar-refractivity contribution in [3.8, 4) is 0 Å². The molecule has 2 aromatic carbocycles. The van der Waals surface area contributed by atoms with Crippen LogP contribution in [-0.2, 0) is 6.54 Å². The number of nitrogens with one attached hydrogen (secondary N) is 1. The zero-order chi connectivity index (χ0) is 14.5. The normalized spacial score (nSPS) is 32.4. The molecule has 0 saturated heterocycles. The number of thioether (sulfide) groups is 1. The van der Waals surface area contributed by atoms with Gasteiger partial charge in [0, 0.05) is 42.4 Å². The summed E-state index contributed by atoms with van der Waals surface area (Å²) in [6, 6.07) is 13.7. The predicted molar refractivity (Wildman–Crippen MR) is 94.4 cm³/mol. The molecule has 2 nitrogen and oxygen atoms in total. The maximum Gasteiger partial charge on any atom is 0.0459 e. The standard InChI is InChI=1S/C19H18N2S/c1-3-12-4-2-6-15-17(12)13(5-1)10-21-18(15)16-11-20-9-14-7-8-22-19(14)16/h1-8,11,14,16,18-19,21H,9-10H2. The molecule has 0 aromatic heterocycles. The topological polar surface area (TPSA) is 24.4 Å². The Balaban J connectivity index is 1.64. The van der Waals surface area contributed by atoms with Crippen LogP contribution < -0.4 is 5.32 Å². The summed E-state index contributed by atoms with van der Waals surface area (Å²) < 4.78 is 0. The van der Waals surface area contributed by atoms with Gasteiger partial charge in [0.05, 0.1) is 0 Å². The molecule has 110 valence electrons. The van der Waals surface area contributed by atoms with E-state index in [1.807, 2.05) is 11.8 Å². The number of nitrogens with zero attached hydrogens (tertiary/aromatic N) is 1. The molecule has 2 aromatic rings. The van der Waals surface area contributed by atoms with Gasteiger partial charge in [0.1, 0.15) is 0 Å². The van der Waals surface area contributed by atoms with Crippen molar-refractivity contribution in [2.75, 3.05) is 6.54 Å². The van der Waals surface area contributed by atoms with Crippen LogP contribution in [0.5, 0.6) is 0 Å². The summed E-state index contributed by atoms with van der Waals surface area (Å²) in [4.78, 5) is 4.67. The van der Waals surface area contributed by atoms with Crippen molar-refractivity contribution in [1.82, 2.24) is 5.32 Å². The van der Waals surface area contributed by atoms with Crippen molar-refractivity contribution < 1.29 is 0 Å². The largest absolute Gasteiger partial charge is 0.305 e. The molecule has 1 N–H and O–H groups in total. The van der Waals surface area contributed by atoms with Gasteiger partial charge in [-0.15, -0.1) is 11.8 Å². The summed E-state index contributed by atoms with van der Waals surface area (Å²) in [6.45, 7) is 1.91. The molecule has 3 aliphatic rings. The molecule has 4 atom stereocenters. The van der Waals surface area contributed by atoms with E-state index in [1.54, 1.807) is 0 Å². The molecule has 0 fully saturated rings. The monoisotopic (exact) mass is 306 g/mol. The van der Waals surface area contributed by atoms with E-state index < -0.39 is 0 Å². The van der Waals surface area contributed by atoms with Crippen LogP contribution >= 0.6 is 11.8 Å². The Labute approximate surface area is 134 Å². The van der Waals surface area contributed by atoms with E-state index in [9.17, 15) is 0 Å². The Morgan fingerprint density at radius 2 is 2.05 bits per heavy atom. The van der Waals surface area contributed by atoms with Gasteiger partial charge in [-0.3, -0.25) is 4.99 Å². The quantitative estimate of drug-likeness (QED) is 0.863. The fourth-order valence-corrected chi connectivity index (χ4v) is 5.44. The van der Waals surface area contributed by atoms with Gasteiger partial charge in [0.15, 0.2) is 0 Å². The third-order valence-electron chi connectivity index (χ3n) is 5.21. The number of rotatable bonds is 1. The van der Waals surface area contributed by atoms with Crippen molar-refractivity contribution in [1.29, 1.82) is 0 Å². The third kappa shape index (κ3) is 1.82. The van der Waals surface area contributed by atoms with Crippen LogP contribution in [0.2, 0.25) is 0 Å². The summed E-state index contributed by atoms with van der Waals surface area (Å²) in [5, 5.41) is 9.51. The summed E-state index contributed by atoms with van der Waals surface area (Å²) in [5.74, 6) is 1.08. The van der Waals surface area contributed by atoms with E-state index >= 15 is 0 Å². The van der Waals surface area contributed by atoms with Crippen LogP contribution in [0.1, 0.15) is 17.2 Å². The van der Waals surface area contributed by atoms with Gasteiger partial charge in [0.25, 0.3) is 0 Å². The van der Waals surface area contributed by atoms with Crippen molar-refractivity contribution >= 4 is 28.7 Å². The minimum atomic E-state index is 0.377. The fourth-order valence-electron chi connectivity index (χ4n) is 4.18. The zero-order valence-corrected chi connectivity index (χ0v) is 13.1. The second kappa shape index (κ2) is 4.97. The molecular formula is C19H18N2S. The van der Waals surface area contributed by atoms with Gasteiger partial charge in [-0.1, -0.05) is 42.5 Å². The molecule has 3 aliphatic heterocycles. The van der Waals surface area contributed by atoms with Gasteiger partial charge in [-0.05, 0) is 27.3 Å². The van der Waals surface area contributed by atoms with Gasteiger partial charge in [0.2, 0.25) is 0 Å². The Bertz CT molecular complexity index is 790. The van der Waals surface area contributed by atoms with Crippen LogP contribution in [0.3, 0.4) is 0 Å². The van der Waals surface area contributed by atoms with E-state index in [1.165, 1.54) is 21.9 Å². The van der Waals surface area contributed by atoms with Crippen LogP contribution in [0.15, 0.2) is 52.9 Å².